The first kappa shape index (κ1) is 26.7. The van der Waals surface area contributed by atoms with Crippen molar-refractivity contribution in [1.29, 1.82) is 0 Å². The van der Waals surface area contributed by atoms with Crippen molar-refractivity contribution in [2.75, 3.05) is 0 Å². The van der Waals surface area contributed by atoms with E-state index in [1.807, 2.05) is 11.3 Å². The minimum atomic E-state index is 0.894. The largest absolute Gasteiger partial charge is 0.309 e. The zero-order valence-electron chi connectivity index (χ0n) is 26.2. The van der Waals surface area contributed by atoms with E-state index in [2.05, 4.69) is 160 Å². The van der Waals surface area contributed by atoms with Gasteiger partial charge in [-0.15, -0.1) is 11.3 Å². The van der Waals surface area contributed by atoms with Gasteiger partial charge in [-0.2, -0.15) is 0 Å². The fourth-order valence-corrected chi connectivity index (χ4v) is 8.83. The molecule has 0 aliphatic rings. The summed E-state index contributed by atoms with van der Waals surface area (Å²) in [5, 5.41) is 9.91. The number of hydrogen-bond acceptors (Lipinski definition) is 3. The number of benzene rings is 6. The third-order valence-electron chi connectivity index (χ3n) is 10.0. The van der Waals surface area contributed by atoms with E-state index in [4.69, 9.17) is 9.97 Å². The smallest absolute Gasteiger partial charge is 0.116 e. The van der Waals surface area contributed by atoms with Crippen molar-refractivity contribution >= 4 is 70.6 Å². The number of aromatic nitrogens is 4. The third-order valence-corrected chi connectivity index (χ3v) is 10.9. The Morgan fingerprint density at radius 3 is 1.76 bits per heavy atom. The summed E-state index contributed by atoms with van der Waals surface area (Å²) in [4.78, 5) is 10.8. The van der Waals surface area contributed by atoms with E-state index in [0.29, 0.717) is 0 Å². The van der Waals surface area contributed by atoms with Gasteiger partial charge in [0.2, 0.25) is 0 Å². The summed E-state index contributed by atoms with van der Waals surface area (Å²) in [6.45, 7) is 0. The highest BCUT2D eigenvalue weighted by Gasteiger charge is 2.20. The molecule has 0 saturated heterocycles. The maximum atomic E-state index is 4.75. The lowest BCUT2D eigenvalue weighted by Crippen LogP contribution is -1.95. The fourth-order valence-electron chi connectivity index (χ4n) is 7.90. The van der Waals surface area contributed by atoms with Crippen LogP contribution < -0.4 is 0 Å². The molecule has 6 aromatic carbocycles. The lowest BCUT2D eigenvalue weighted by atomic mass is 9.97. The minimum Gasteiger partial charge on any atom is -0.309 e. The Balaban J connectivity index is 1.02. The number of hydrogen-bond donors (Lipinski definition) is 0. The molecule has 0 aliphatic carbocycles. The highest BCUT2D eigenvalue weighted by molar-refractivity contribution is 7.17. The van der Waals surface area contributed by atoms with Crippen molar-refractivity contribution in [3.63, 3.8) is 0 Å². The van der Waals surface area contributed by atoms with E-state index in [1.54, 1.807) is 6.33 Å². The Kier molecular flexibility index (Phi) is 5.51. The van der Waals surface area contributed by atoms with E-state index in [1.165, 1.54) is 70.3 Å². The Bertz CT molecular complexity index is 3020. The molecule has 5 heterocycles. The summed E-state index contributed by atoms with van der Waals surface area (Å²) in [5.41, 5.74) is 12.4. The van der Waals surface area contributed by atoms with Crippen LogP contribution in [0.5, 0.6) is 0 Å². The molecule has 0 atom stereocenters. The summed E-state index contributed by atoms with van der Waals surface area (Å²) >= 11 is 1.81. The van der Waals surface area contributed by atoms with E-state index < -0.39 is 0 Å². The number of rotatable bonds is 4. The average Bonchev–Trinajstić information content (AvgIpc) is 3.93. The average molecular weight is 643 g/mol. The summed E-state index contributed by atoms with van der Waals surface area (Å²) < 4.78 is 4.79. The van der Waals surface area contributed by atoms with Crippen LogP contribution in [0.25, 0.3) is 98.5 Å². The Morgan fingerprint density at radius 1 is 0.429 bits per heavy atom. The van der Waals surface area contributed by atoms with Crippen LogP contribution in [0.2, 0.25) is 0 Å². The molecule has 4 nitrogen and oxygen atoms in total. The first-order valence-corrected chi connectivity index (χ1v) is 17.4. The van der Waals surface area contributed by atoms with Crippen LogP contribution in [0, 0.1) is 0 Å². The van der Waals surface area contributed by atoms with Gasteiger partial charge in [0.05, 0.1) is 33.5 Å². The van der Waals surface area contributed by atoms with Crippen molar-refractivity contribution in [2.24, 2.45) is 0 Å². The number of para-hydroxylation sites is 3. The molecule has 0 fully saturated rings. The predicted molar refractivity (Wildman–Crippen MR) is 205 cm³/mol. The molecule has 11 rings (SSSR count). The quantitative estimate of drug-likeness (QED) is 0.191. The van der Waals surface area contributed by atoms with Crippen LogP contribution in [-0.2, 0) is 0 Å². The van der Waals surface area contributed by atoms with Gasteiger partial charge in [0.25, 0.3) is 0 Å². The van der Waals surface area contributed by atoms with Crippen LogP contribution in [-0.4, -0.2) is 18.9 Å². The van der Waals surface area contributed by atoms with Gasteiger partial charge in [-0.3, -0.25) is 4.40 Å². The fraction of sp³-hybridized carbons (Fsp3) is 0. The van der Waals surface area contributed by atoms with E-state index in [-0.39, 0.29) is 0 Å². The molecular weight excluding hydrogens is 617 g/mol. The molecule has 5 aromatic heterocycles. The topological polar surface area (TPSA) is 35.1 Å². The maximum absolute atomic E-state index is 4.75. The monoisotopic (exact) mass is 642 g/mol. The van der Waals surface area contributed by atoms with Gasteiger partial charge in [0.15, 0.2) is 0 Å². The Hall–Kier alpha value is -6.30. The standard InChI is InChI=1S/C44H26N4S/c1-4-16-40-32(13-1)33-14-2-5-17-41(33)47(40)31-12-8-11-29(22-31)39-25-38(45-26-46-39)28-10-7-9-27(21-28)30-23-36-34-15-3-6-18-42(34)48-43(36)37(24-30)35-19-20-49-44(35)48/h1-26H. The van der Waals surface area contributed by atoms with Crippen LogP contribution >= 0.6 is 11.3 Å². The van der Waals surface area contributed by atoms with Crippen molar-refractivity contribution in [2.45, 2.75) is 0 Å². The Morgan fingerprint density at radius 2 is 1.02 bits per heavy atom. The van der Waals surface area contributed by atoms with Gasteiger partial charge in [-0.25, -0.2) is 9.97 Å². The van der Waals surface area contributed by atoms with Gasteiger partial charge in [0.1, 0.15) is 11.2 Å². The number of thiophene rings is 1. The van der Waals surface area contributed by atoms with Crippen molar-refractivity contribution in [3.05, 3.63) is 157 Å². The molecule has 0 unspecified atom stereocenters. The zero-order chi connectivity index (χ0) is 32.1. The molecule has 49 heavy (non-hydrogen) atoms. The maximum Gasteiger partial charge on any atom is 0.116 e. The van der Waals surface area contributed by atoms with Crippen molar-refractivity contribution in [1.82, 2.24) is 18.9 Å². The van der Waals surface area contributed by atoms with E-state index >= 15 is 0 Å². The van der Waals surface area contributed by atoms with Gasteiger partial charge >= 0.3 is 0 Å². The molecule has 0 spiro atoms. The van der Waals surface area contributed by atoms with Crippen LogP contribution in [0.3, 0.4) is 0 Å². The summed E-state index contributed by atoms with van der Waals surface area (Å²) in [6, 6.07) is 52.5. The predicted octanol–water partition coefficient (Wildman–Crippen LogP) is 11.8. The second-order valence-corrected chi connectivity index (χ2v) is 13.6. The van der Waals surface area contributed by atoms with Gasteiger partial charge < -0.3 is 4.57 Å². The molecule has 0 radical (unpaired) electrons. The second-order valence-electron chi connectivity index (χ2n) is 12.7. The van der Waals surface area contributed by atoms with Gasteiger partial charge in [0, 0.05) is 49.1 Å². The summed E-state index contributed by atoms with van der Waals surface area (Å²) in [6.07, 6.45) is 1.68. The zero-order valence-corrected chi connectivity index (χ0v) is 27.0. The van der Waals surface area contributed by atoms with Gasteiger partial charge in [-0.05, 0) is 77.2 Å². The summed E-state index contributed by atoms with van der Waals surface area (Å²) in [7, 11) is 0. The van der Waals surface area contributed by atoms with Crippen molar-refractivity contribution < 1.29 is 0 Å². The first-order valence-electron chi connectivity index (χ1n) is 16.5. The van der Waals surface area contributed by atoms with Crippen LogP contribution in [0.4, 0.5) is 0 Å². The molecule has 0 amide bonds. The first-order chi connectivity index (χ1) is 24.3. The van der Waals surface area contributed by atoms with Crippen LogP contribution in [0.15, 0.2) is 157 Å². The second kappa shape index (κ2) is 10.1. The molecule has 5 heteroatoms. The minimum absolute atomic E-state index is 0.894. The molecule has 228 valence electrons. The van der Waals surface area contributed by atoms with E-state index in [9.17, 15) is 0 Å². The summed E-state index contributed by atoms with van der Waals surface area (Å²) in [5.74, 6) is 0. The van der Waals surface area contributed by atoms with E-state index in [0.717, 1.165) is 28.2 Å². The number of nitrogens with zero attached hydrogens (tertiary/aromatic N) is 4. The highest BCUT2D eigenvalue weighted by atomic mass is 32.1. The molecule has 0 N–H and O–H groups in total. The molecular formula is C44H26N4S. The SMILES string of the molecule is c1cc(-c2cc3c4ccccc4n4c5sccc5c(c2)c34)cc(-c2cc(-c3cccc(-n4c5ccccc5c5ccccc54)c3)ncn2)c1. The van der Waals surface area contributed by atoms with Gasteiger partial charge in [-0.1, -0.05) is 84.9 Å². The number of fused-ring (bicyclic) bond motifs is 9. The van der Waals surface area contributed by atoms with Crippen molar-refractivity contribution in [3.8, 4) is 39.3 Å². The third kappa shape index (κ3) is 3.85. The molecule has 0 bridgehead atoms. The lowest BCUT2D eigenvalue weighted by molar-refractivity contribution is 1.16. The molecule has 11 aromatic rings. The van der Waals surface area contributed by atoms with Crippen LogP contribution in [0.1, 0.15) is 0 Å². The Labute approximate surface area is 285 Å². The molecule has 0 saturated carbocycles. The lowest BCUT2D eigenvalue weighted by Gasteiger charge is -2.11. The highest BCUT2D eigenvalue weighted by Crippen LogP contribution is 2.43. The normalized spacial score (nSPS) is 12.1. The molecule has 0 aliphatic heterocycles.